The summed E-state index contributed by atoms with van der Waals surface area (Å²) in [6, 6.07) is 5.69. The van der Waals surface area contributed by atoms with Crippen LogP contribution in [0, 0.1) is 5.92 Å². The van der Waals surface area contributed by atoms with Crippen LogP contribution in [-0.2, 0) is 0 Å². The highest BCUT2D eigenvalue weighted by Gasteiger charge is 2.24. The van der Waals surface area contributed by atoms with Gasteiger partial charge < -0.3 is 4.90 Å². The summed E-state index contributed by atoms with van der Waals surface area (Å²) in [7, 11) is 0. The number of piperidine rings is 1. The Bertz CT molecular complexity index is 450. The molecule has 1 aliphatic rings. The highest BCUT2D eigenvalue weighted by atomic mass is 79.9. The quantitative estimate of drug-likeness (QED) is 0.623. The van der Waals surface area contributed by atoms with Crippen LogP contribution in [0.25, 0.3) is 0 Å². The van der Waals surface area contributed by atoms with Crippen molar-refractivity contribution in [2.75, 3.05) is 18.4 Å². The molecule has 0 bridgehead atoms. The number of hydrogen-bond acceptors (Lipinski definition) is 1. The Morgan fingerprint density at radius 2 is 2.17 bits per heavy atom. The number of rotatable bonds is 2. The summed E-state index contributed by atoms with van der Waals surface area (Å²) in [4.78, 5) is 14.4. The van der Waals surface area contributed by atoms with Crippen LogP contribution in [0.1, 0.15) is 23.2 Å². The second-order valence-corrected chi connectivity index (χ2v) is 6.96. The van der Waals surface area contributed by atoms with E-state index in [1.165, 1.54) is 6.42 Å². The first-order valence-corrected chi connectivity index (χ1v) is 8.63. The Morgan fingerprint density at radius 1 is 1.39 bits per heavy atom. The van der Waals surface area contributed by atoms with E-state index in [0.29, 0.717) is 5.92 Å². The number of hydrogen-bond donors (Lipinski definition) is 0. The van der Waals surface area contributed by atoms with Gasteiger partial charge in [-0.1, -0.05) is 31.9 Å². The van der Waals surface area contributed by atoms with Crippen LogP contribution in [0.2, 0.25) is 0 Å². The fraction of sp³-hybridized carbons (Fsp3) is 0.462. The molecule has 0 aromatic heterocycles. The molecule has 98 valence electrons. The van der Waals surface area contributed by atoms with E-state index < -0.39 is 0 Å². The molecule has 1 heterocycles. The largest absolute Gasteiger partial charge is 0.338 e. The lowest BCUT2D eigenvalue weighted by Crippen LogP contribution is -2.40. The van der Waals surface area contributed by atoms with Gasteiger partial charge in [-0.3, -0.25) is 4.79 Å². The van der Waals surface area contributed by atoms with Crippen molar-refractivity contribution in [3.8, 4) is 0 Å². The number of nitrogens with zero attached hydrogens (tertiary/aromatic N) is 1. The van der Waals surface area contributed by atoms with Gasteiger partial charge in [0.15, 0.2) is 0 Å². The molecule has 1 unspecified atom stereocenters. The zero-order valence-corrected chi connectivity index (χ0v) is 14.6. The van der Waals surface area contributed by atoms with Crippen LogP contribution in [0.4, 0.5) is 0 Å². The van der Waals surface area contributed by atoms with Crippen molar-refractivity contribution < 1.29 is 4.79 Å². The number of carbonyl (C=O) groups is 1. The van der Waals surface area contributed by atoms with Gasteiger partial charge >= 0.3 is 0 Å². The molecule has 5 heteroatoms. The SMILES string of the molecule is O=C(c1ccc(Br)cc1Br)N1CCCC(CBr)C1. The van der Waals surface area contributed by atoms with Crippen molar-refractivity contribution in [1.29, 1.82) is 0 Å². The molecule has 1 atom stereocenters. The van der Waals surface area contributed by atoms with Crippen LogP contribution in [0.3, 0.4) is 0 Å². The lowest BCUT2D eigenvalue weighted by atomic mass is 9.99. The molecule has 0 radical (unpaired) electrons. The Hall–Kier alpha value is 0.130. The van der Waals surface area contributed by atoms with E-state index in [2.05, 4.69) is 47.8 Å². The van der Waals surface area contributed by atoms with Gasteiger partial charge in [0, 0.05) is 27.4 Å². The summed E-state index contributed by atoms with van der Waals surface area (Å²) in [5.41, 5.74) is 0.744. The smallest absolute Gasteiger partial charge is 0.255 e. The predicted octanol–water partition coefficient (Wildman–Crippen LogP) is 4.46. The summed E-state index contributed by atoms with van der Waals surface area (Å²) in [5.74, 6) is 0.706. The Labute approximate surface area is 133 Å². The molecule has 0 spiro atoms. The number of likely N-dealkylation sites (tertiary alicyclic amines) is 1. The molecule has 1 amide bonds. The highest BCUT2D eigenvalue weighted by Crippen LogP contribution is 2.25. The molecular formula is C13H14Br3NO. The van der Waals surface area contributed by atoms with Crippen LogP contribution in [-0.4, -0.2) is 29.2 Å². The average Bonchev–Trinajstić information content (AvgIpc) is 2.38. The van der Waals surface area contributed by atoms with Gasteiger partial charge in [0.25, 0.3) is 5.91 Å². The monoisotopic (exact) mass is 437 g/mol. The molecule has 1 aromatic rings. The molecule has 1 fully saturated rings. The summed E-state index contributed by atoms with van der Waals surface area (Å²) in [6.45, 7) is 1.72. The number of alkyl halides is 1. The molecule has 1 aliphatic heterocycles. The summed E-state index contributed by atoms with van der Waals surface area (Å²) < 4.78 is 1.82. The van der Waals surface area contributed by atoms with Crippen molar-refractivity contribution >= 4 is 53.7 Å². The van der Waals surface area contributed by atoms with Crippen LogP contribution < -0.4 is 0 Å². The van der Waals surface area contributed by atoms with Crippen molar-refractivity contribution in [3.05, 3.63) is 32.7 Å². The van der Waals surface area contributed by atoms with E-state index in [0.717, 1.165) is 39.3 Å². The minimum Gasteiger partial charge on any atom is -0.338 e. The Kier molecular flexibility index (Phi) is 5.27. The third-order valence-corrected chi connectivity index (χ3v) is 5.25. The maximum Gasteiger partial charge on any atom is 0.255 e. The number of carbonyl (C=O) groups excluding carboxylic acids is 1. The summed E-state index contributed by atoms with van der Waals surface area (Å²) in [6.07, 6.45) is 2.30. The fourth-order valence-electron chi connectivity index (χ4n) is 2.21. The summed E-state index contributed by atoms with van der Waals surface area (Å²) in [5, 5.41) is 0.971. The molecule has 0 saturated carbocycles. The lowest BCUT2D eigenvalue weighted by molar-refractivity contribution is 0.0685. The molecule has 1 saturated heterocycles. The van der Waals surface area contributed by atoms with E-state index in [1.807, 2.05) is 23.1 Å². The lowest BCUT2D eigenvalue weighted by Gasteiger charge is -2.32. The van der Waals surface area contributed by atoms with Crippen LogP contribution in [0.15, 0.2) is 27.1 Å². The zero-order valence-electron chi connectivity index (χ0n) is 9.83. The topological polar surface area (TPSA) is 20.3 Å². The second kappa shape index (κ2) is 6.53. The van der Waals surface area contributed by atoms with Crippen molar-refractivity contribution in [2.45, 2.75) is 12.8 Å². The van der Waals surface area contributed by atoms with Crippen molar-refractivity contribution in [3.63, 3.8) is 0 Å². The Morgan fingerprint density at radius 3 is 2.83 bits per heavy atom. The molecule has 2 nitrogen and oxygen atoms in total. The van der Waals surface area contributed by atoms with Crippen molar-refractivity contribution in [1.82, 2.24) is 4.90 Å². The normalized spacial score (nSPS) is 19.9. The second-order valence-electron chi connectivity index (χ2n) is 4.54. The van der Waals surface area contributed by atoms with Gasteiger partial charge in [-0.15, -0.1) is 0 Å². The molecule has 2 rings (SSSR count). The molecule has 0 aliphatic carbocycles. The summed E-state index contributed by atoms with van der Waals surface area (Å²) >= 11 is 10.4. The number of amides is 1. The molecule has 0 N–H and O–H groups in total. The Balaban J connectivity index is 2.15. The maximum atomic E-state index is 12.5. The van der Waals surface area contributed by atoms with Gasteiger partial charge in [0.1, 0.15) is 0 Å². The van der Waals surface area contributed by atoms with Gasteiger partial charge in [-0.25, -0.2) is 0 Å². The first-order valence-electron chi connectivity index (χ1n) is 5.92. The van der Waals surface area contributed by atoms with E-state index in [-0.39, 0.29) is 5.91 Å². The van der Waals surface area contributed by atoms with Crippen molar-refractivity contribution in [2.24, 2.45) is 5.92 Å². The van der Waals surface area contributed by atoms with Gasteiger partial charge in [-0.05, 0) is 52.9 Å². The third kappa shape index (κ3) is 3.36. The molecule has 1 aromatic carbocycles. The van der Waals surface area contributed by atoms with Gasteiger partial charge in [-0.2, -0.15) is 0 Å². The van der Waals surface area contributed by atoms with E-state index in [9.17, 15) is 4.79 Å². The zero-order chi connectivity index (χ0) is 13.1. The van der Waals surface area contributed by atoms with E-state index in [1.54, 1.807) is 0 Å². The van der Waals surface area contributed by atoms with Gasteiger partial charge in [0.05, 0.1) is 5.56 Å². The van der Waals surface area contributed by atoms with Crippen LogP contribution in [0.5, 0.6) is 0 Å². The highest BCUT2D eigenvalue weighted by molar-refractivity contribution is 9.11. The average molecular weight is 440 g/mol. The minimum atomic E-state index is 0.125. The standard InChI is InChI=1S/C13H14Br3NO/c14-7-9-2-1-5-17(8-9)13(18)11-4-3-10(15)6-12(11)16/h3-4,6,9H,1-2,5,7-8H2. The van der Waals surface area contributed by atoms with E-state index in [4.69, 9.17) is 0 Å². The molecular weight excluding hydrogens is 426 g/mol. The first kappa shape index (κ1) is 14.5. The number of benzene rings is 1. The first-order chi connectivity index (χ1) is 8.61. The minimum absolute atomic E-state index is 0.125. The molecule has 18 heavy (non-hydrogen) atoms. The van der Waals surface area contributed by atoms with E-state index >= 15 is 0 Å². The van der Waals surface area contributed by atoms with Gasteiger partial charge in [0.2, 0.25) is 0 Å². The number of halogens is 3. The maximum absolute atomic E-state index is 12.5. The van der Waals surface area contributed by atoms with Crippen LogP contribution >= 0.6 is 47.8 Å². The predicted molar refractivity (Wildman–Crippen MR) is 84.3 cm³/mol. The third-order valence-electron chi connectivity index (χ3n) is 3.19. The fourth-order valence-corrected chi connectivity index (χ4v) is 3.95.